The van der Waals surface area contributed by atoms with Crippen LogP contribution < -0.4 is 5.32 Å². The highest BCUT2D eigenvalue weighted by Gasteiger charge is 2.27. The molecule has 2 aliphatic rings. The van der Waals surface area contributed by atoms with E-state index in [2.05, 4.69) is 12.2 Å². The van der Waals surface area contributed by atoms with Crippen LogP contribution in [0, 0.1) is 5.92 Å². The van der Waals surface area contributed by atoms with Gasteiger partial charge in [-0.15, -0.1) is 0 Å². The smallest absolute Gasteiger partial charge is 0.0506 e. The van der Waals surface area contributed by atoms with Crippen molar-refractivity contribution in [2.45, 2.75) is 38.1 Å². The van der Waals surface area contributed by atoms with Gasteiger partial charge in [-0.2, -0.15) is 0 Å². The molecule has 0 aromatic rings. The standard InChI is InChI=1S/C12H23NO2/c1-12(4-7-14-8-5-12)13-9-11-3-2-6-15-10-11/h11,13H,2-10H2,1H3. The molecular weight excluding hydrogens is 190 g/mol. The van der Waals surface area contributed by atoms with E-state index in [4.69, 9.17) is 9.47 Å². The molecule has 2 aliphatic heterocycles. The number of hydrogen-bond donors (Lipinski definition) is 1. The zero-order chi connectivity index (χ0) is 10.6. The quantitative estimate of drug-likeness (QED) is 0.772. The average Bonchev–Trinajstić information content (AvgIpc) is 2.29. The third-order valence-corrected chi connectivity index (χ3v) is 3.67. The van der Waals surface area contributed by atoms with Gasteiger partial charge in [-0.3, -0.25) is 0 Å². The Morgan fingerprint density at radius 2 is 2.00 bits per heavy atom. The van der Waals surface area contributed by atoms with E-state index in [1.807, 2.05) is 0 Å². The van der Waals surface area contributed by atoms with E-state index in [1.165, 1.54) is 12.8 Å². The summed E-state index contributed by atoms with van der Waals surface area (Å²) in [7, 11) is 0. The van der Waals surface area contributed by atoms with Crippen LogP contribution in [0.1, 0.15) is 32.6 Å². The van der Waals surface area contributed by atoms with Gasteiger partial charge in [-0.1, -0.05) is 0 Å². The molecule has 0 aromatic carbocycles. The van der Waals surface area contributed by atoms with E-state index in [0.29, 0.717) is 5.54 Å². The van der Waals surface area contributed by atoms with Gasteiger partial charge in [0, 0.05) is 31.9 Å². The van der Waals surface area contributed by atoms with Crippen LogP contribution in [-0.2, 0) is 9.47 Å². The number of rotatable bonds is 3. The molecule has 0 amide bonds. The van der Waals surface area contributed by atoms with Crippen molar-refractivity contribution in [2.24, 2.45) is 5.92 Å². The van der Waals surface area contributed by atoms with Crippen LogP contribution in [0.4, 0.5) is 0 Å². The van der Waals surface area contributed by atoms with Gasteiger partial charge in [0.05, 0.1) is 6.61 Å². The van der Waals surface area contributed by atoms with Crippen molar-refractivity contribution >= 4 is 0 Å². The van der Waals surface area contributed by atoms with Gasteiger partial charge in [0.1, 0.15) is 0 Å². The van der Waals surface area contributed by atoms with Crippen molar-refractivity contribution in [3.05, 3.63) is 0 Å². The second-order valence-electron chi connectivity index (χ2n) is 5.14. The van der Waals surface area contributed by atoms with Gasteiger partial charge in [-0.25, -0.2) is 0 Å². The summed E-state index contributed by atoms with van der Waals surface area (Å²) >= 11 is 0. The van der Waals surface area contributed by atoms with Crippen LogP contribution in [0.25, 0.3) is 0 Å². The molecule has 2 fully saturated rings. The fraction of sp³-hybridized carbons (Fsp3) is 1.00. The van der Waals surface area contributed by atoms with Gasteiger partial charge in [0.25, 0.3) is 0 Å². The normalized spacial score (nSPS) is 31.4. The first-order valence-corrected chi connectivity index (χ1v) is 6.19. The van der Waals surface area contributed by atoms with E-state index in [-0.39, 0.29) is 0 Å². The summed E-state index contributed by atoms with van der Waals surface area (Å²) in [4.78, 5) is 0. The molecule has 1 N–H and O–H groups in total. The first-order valence-electron chi connectivity index (χ1n) is 6.19. The monoisotopic (exact) mass is 213 g/mol. The van der Waals surface area contributed by atoms with E-state index in [9.17, 15) is 0 Å². The molecule has 0 saturated carbocycles. The predicted octanol–water partition coefficient (Wildman–Crippen LogP) is 1.57. The van der Waals surface area contributed by atoms with Gasteiger partial charge >= 0.3 is 0 Å². The molecular formula is C12H23NO2. The Bertz CT molecular complexity index is 184. The minimum Gasteiger partial charge on any atom is -0.381 e. The highest BCUT2D eigenvalue weighted by Crippen LogP contribution is 2.21. The second kappa shape index (κ2) is 5.28. The van der Waals surface area contributed by atoms with Crippen molar-refractivity contribution in [1.29, 1.82) is 0 Å². The third-order valence-electron chi connectivity index (χ3n) is 3.67. The van der Waals surface area contributed by atoms with Crippen molar-refractivity contribution in [1.82, 2.24) is 5.32 Å². The SMILES string of the molecule is CC1(NCC2CCCOC2)CCOCC1. The Hall–Kier alpha value is -0.120. The van der Waals surface area contributed by atoms with Crippen LogP contribution >= 0.6 is 0 Å². The summed E-state index contributed by atoms with van der Waals surface area (Å²) in [5.74, 6) is 0.721. The summed E-state index contributed by atoms with van der Waals surface area (Å²) < 4.78 is 10.9. The van der Waals surface area contributed by atoms with Gasteiger partial charge in [0.15, 0.2) is 0 Å². The van der Waals surface area contributed by atoms with E-state index >= 15 is 0 Å². The molecule has 0 bridgehead atoms. The van der Waals surface area contributed by atoms with E-state index in [0.717, 1.165) is 51.7 Å². The molecule has 0 aromatic heterocycles. The maximum Gasteiger partial charge on any atom is 0.0506 e. The molecule has 2 rings (SSSR count). The summed E-state index contributed by atoms with van der Waals surface area (Å²) in [6.45, 7) is 7.15. The highest BCUT2D eigenvalue weighted by molar-refractivity contribution is 4.86. The third kappa shape index (κ3) is 3.44. The molecule has 0 aliphatic carbocycles. The summed E-state index contributed by atoms with van der Waals surface area (Å²) in [5, 5.41) is 3.71. The maximum absolute atomic E-state index is 5.49. The van der Waals surface area contributed by atoms with Crippen molar-refractivity contribution in [3.63, 3.8) is 0 Å². The Morgan fingerprint density at radius 1 is 1.20 bits per heavy atom. The zero-order valence-electron chi connectivity index (χ0n) is 9.76. The van der Waals surface area contributed by atoms with Crippen LogP contribution in [0.3, 0.4) is 0 Å². The number of hydrogen-bond acceptors (Lipinski definition) is 3. The van der Waals surface area contributed by atoms with Crippen LogP contribution in [0.15, 0.2) is 0 Å². The molecule has 1 unspecified atom stereocenters. The molecule has 1 atom stereocenters. The van der Waals surface area contributed by atoms with Gasteiger partial charge in [-0.05, 0) is 38.5 Å². The van der Waals surface area contributed by atoms with Crippen molar-refractivity contribution in [2.75, 3.05) is 33.0 Å². The largest absolute Gasteiger partial charge is 0.381 e. The van der Waals surface area contributed by atoms with Crippen molar-refractivity contribution < 1.29 is 9.47 Å². The molecule has 0 radical (unpaired) electrons. The summed E-state index contributed by atoms with van der Waals surface area (Å²) in [5.41, 5.74) is 0.301. The topological polar surface area (TPSA) is 30.5 Å². The number of nitrogens with one attached hydrogen (secondary N) is 1. The molecule has 2 heterocycles. The molecule has 3 nitrogen and oxygen atoms in total. The summed E-state index contributed by atoms with van der Waals surface area (Å²) in [6.07, 6.45) is 4.83. The lowest BCUT2D eigenvalue weighted by atomic mass is 9.91. The molecule has 3 heteroatoms. The average molecular weight is 213 g/mol. The highest BCUT2D eigenvalue weighted by atomic mass is 16.5. The fourth-order valence-electron chi connectivity index (χ4n) is 2.36. The Labute approximate surface area is 92.5 Å². The molecule has 0 spiro atoms. The lowest BCUT2D eigenvalue weighted by molar-refractivity contribution is 0.0290. The summed E-state index contributed by atoms with van der Waals surface area (Å²) in [6, 6.07) is 0. The zero-order valence-corrected chi connectivity index (χ0v) is 9.76. The second-order valence-corrected chi connectivity index (χ2v) is 5.14. The van der Waals surface area contributed by atoms with E-state index in [1.54, 1.807) is 0 Å². The lowest BCUT2D eigenvalue weighted by Crippen LogP contribution is -2.49. The maximum atomic E-state index is 5.49. The van der Waals surface area contributed by atoms with Crippen LogP contribution in [0.2, 0.25) is 0 Å². The van der Waals surface area contributed by atoms with Crippen LogP contribution in [0.5, 0.6) is 0 Å². The molecule has 2 saturated heterocycles. The molecule has 15 heavy (non-hydrogen) atoms. The fourth-order valence-corrected chi connectivity index (χ4v) is 2.36. The minimum atomic E-state index is 0.301. The minimum absolute atomic E-state index is 0.301. The Balaban J connectivity index is 1.70. The first kappa shape index (κ1) is 11.4. The van der Waals surface area contributed by atoms with Crippen LogP contribution in [-0.4, -0.2) is 38.5 Å². The van der Waals surface area contributed by atoms with Crippen molar-refractivity contribution in [3.8, 4) is 0 Å². The predicted molar refractivity (Wildman–Crippen MR) is 60.0 cm³/mol. The van der Waals surface area contributed by atoms with E-state index < -0.39 is 0 Å². The van der Waals surface area contributed by atoms with Gasteiger partial charge in [0.2, 0.25) is 0 Å². The Morgan fingerprint density at radius 3 is 2.67 bits per heavy atom. The lowest BCUT2D eigenvalue weighted by Gasteiger charge is -2.36. The number of ether oxygens (including phenoxy) is 2. The molecule has 88 valence electrons. The Kier molecular flexibility index (Phi) is 4.00. The van der Waals surface area contributed by atoms with Gasteiger partial charge < -0.3 is 14.8 Å². The first-order chi connectivity index (χ1) is 7.29.